The Morgan fingerprint density at radius 3 is 1.36 bits per heavy atom. The molecule has 2 heterocycles. The second-order valence-electron chi connectivity index (χ2n) is 16.9. The van der Waals surface area contributed by atoms with Gasteiger partial charge >= 0.3 is 18.2 Å². The second kappa shape index (κ2) is 24.5. The predicted molar refractivity (Wildman–Crippen MR) is 258 cm³/mol. The molecule has 6 aromatic rings. The van der Waals surface area contributed by atoms with Crippen molar-refractivity contribution in [2.75, 3.05) is 10.6 Å². The summed E-state index contributed by atoms with van der Waals surface area (Å²) in [7, 11) is 0. The first-order valence-corrected chi connectivity index (χ1v) is 22.2. The maximum Gasteiger partial charge on any atom is 0.490 e. The molecule has 16 nitrogen and oxygen atoms in total. The zero-order valence-corrected chi connectivity index (χ0v) is 41.0. The lowest BCUT2D eigenvalue weighted by atomic mass is 10.1. The molecule has 2 atom stereocenters. The second-order valence-corrected chi connectivity index (χ2v) is 17.7. The van der Waals surface area contributed by atoms with E-state index in [1.165, 1.54) is 0 Å². The van der Waals surface area contributed by atoms with Crippen molar-refractivity contribution in [3.63, 3.8) is 0 Å². The average molecular weight is 1010 g/mol. The number of halogens is 5. The number of anilines is 2. The van der Waals surface area contributed by atoms with Crippen molar-refractivity contribution in [1.82, 2.24) is 15.6 Å². The molecule has 2 aromatic heterocycles. The van der Waals surface area contributed by atoms with Gasteiger partial charge in [0.1, 0.15) is 17.1 Å². The van der Waals surface area contributed by atoms with Gasteiger partial charge in [0.15, 0.2) is 22.9 Å². The molecule has 0 bridgehead atoms. The lowest BCUT2D eigenvalue weighted by Gasteiger charge is -2.22. The van der Waals surface area contributed by atoms with Crippen LogP contribution in [0.2, 0.25) is 10.0 Å². The summed E-state index contributed by atoms with van der Waals surface area (Å²) in [5.74, 6) is -1.53. The Morgan fingerprint density at radius 2 is 1.03 bits per heavy atom. The number of carbonyl (C=O) groups excluding carboxylic acids is 3. The van der Waals surface area contributed by atoms with Crippen LogP contribution in [0.15, 0.2) is 106 Å². The molecule has 0 aliphatic heterocycles. The van der Waals surface area contributed by atoms with Crippen LogP contribution in [-0.2, 0) is 9.53 Å². The van der Waals surface area contributed by atoms with E-state index in [0.29, 0.717) is 55.6 Å². The third-order valence-electron chi connectivity index (χ3n) is 8.98. The normalized spacial score (nSPS) is 12.1. The fraction of sp³-hybridized carbons (Fsp3) is 0.306. The van der Waals surface area contributed by atoms with Crippen LogP contribution in [-0.4, -0.2) is 63.3 Å². The molecule has 0 spiro atoms. The van der Waals surface area contributed by atoms with E-state index in [2.05, 4.69) is 26.3 Å². The van der Waals surface area contributed by atoms with E-state index in [9.17, 15) is 27.6 Å². The number of rotatable bonds is 13. The van der Waals surface area contributed by atoms with Crippen LogP contribution in [0.1, 0.15) is 107 Å². The largest absolute Gasteiger partial charge is 0.490 e. The predicted octanol–water partition coefficient (Wildman–Crippen LogP) is 12.3. The van der Waals surface area contributed by atoms with Crippen molar-refractivity contribution < 1.29 is 60.7 Å². The number of amides is 3. The minimum atomic E-state index is -5.08. The summed E-state index contributed by atoms with van der Waals surface area (Å²) in [4.78, 5) is 45.9. The highest BCUT2D eigenvalue weighted by atomic mass is 35.5. The van der Waals surface area contributed by atoms with Gasteiger partial charge in [-0.15, -0.1) is 0 Å². The van der Waals surface area contributed by atoms with Gasteiger partial charge in [-0.1, -0.05) is 57.8 Å². The van der Waals surface area contributed by atoms with Gasteiger partial charge in [-0.25, -0.2) is 9.59 Å². The number of nitrogens with one attached hydrogen (secondary N) is 3. The number of alkyl halides is 3. The summed E-state index contributed by atoms with van der Waals surface area (Å²) in [6.07, 6.45) is -5.56. The highest BCUT2D eigenvalue weighted by Crippen LogP contribution is 2.33. The fourth-order valence-electron chi connectivity index (χ4n) is 5.73. The standard InChI is InChI=1S/C26H30ClN3O5.C21H22ClN3O3.C2HF3O2/c1-15(2)33-22-12-9-18(13-20(22)27)23-14-21(30-35-23)24(31)29-19-10-7-17(8-11-19)16(3)28-25(32)34-26(4,5)6;1-12(2)27-19-9-6-15(10-17(19)22)20-11-18(25-28-20)21(26)24-16-7-4-14(5-8-16)13(3)23;3-2(4,5)1(6)7/h7-16H,1-6H3,(H,28,32)(H,29,31);4-13H,23H2,1-3H3,(H,24,26);(H,6,7)/t16-;13-;/m11./s1. The van der Waals surface area contributed by atoms with Crippen LogP contribution in [0.25, 0.3) is 22.6 Å². The Bertz CT molecular complexity index is 2720. The Labute approximate surface area is 411 Å². The minimum absolute atomic E-state index is 0.00237. The molecule has 0 aliphatic carbocycles. The molecule has 0 radical (unpaired) electrons. The number of aliphatic carboxylic acids is 1. The summed E-state index contributed by atoms with van der Waals surface area (Å²) in [5.41, 5.74) is 10.0. The molecule has 21 heteroatoms. The number of hydrogen-bond donors (Lipinski definition) is 5. The molecule has 70 heavy (non-hydrogen) atoms. The first kappa shape index (κ1) is 55.5. The summed E-state index contributed by atoms with van der Waals surface area (Å²) in [5, 5.41) is 24.1. The lowest BCUT2D eigenvalue weighted by Crippen LogP contribution is -2.34. The molecule has 0 aliphatic rings. The van der Waals surface area contributed by atoms with E-state index in [4.69, 9.17) is 62.1 Å². The third kappa shape index (κ3) is 17.5. The van der Waals surface area contributed by atoms with E-state index >= 15 is 0 Å². The third-order valence-corrected chi connectivity index (χ3v) is 9.57. The number of carboxylic acids is 1. The zero-order valence-electron chi connectivity index (χ0n) is 39.5. The number of hydrogen-bond acceptors (Lipinski definition) is 12. The average Bonchev–Trinajstić information content (AvgIpc) is 3.97. The molecule has 0 saturated heterocycles. The summed E-state index contributed by atoms with van der Waals surface area (Å²) < 4.78 is 58.9. The van der Waals surface area contributed by atoms with Gasteiger partial charge in [0.2, 0.25) is 0 Å². The Morgan fingerprint density at radius 1 is 0.643 bits per heavy atom. The topological polar surface area (TPSA) is 230 Å². The lowest BCUT2D eigenvalue weighted by molar-refractivity contribution is -0.192. The van der Waals surface area contributed by atoms with Gasteiger partial charge in [0, 0.05) is 40.7 Å². The Kier molecular flexibility index (Phi) is 19.4. The smallest absolute Gasteiger partial charge is 0.489 e. The molecular weight excluding hydrogens is 960 g/mol. The molecule has 374 valence electrons. The van der Waals surface area contributed by atoms with E-state index in [-0.39, 0.29) is 41.6 Å². The first-order valence-electron chi connectivity index (χ1n) is 21.4. The maximum atomic E-state index is 12.6. The van der Waals surface area contributed by atoms with E-state index in [1.807, 2.05) is 65.8 Å². The van der Waals surface area contributed by atoms with Gasteiger partial charge in [-0.05, 0) is 134 Å². The van der Waals surface area contributed by atoms with Gasteiger partial charge in [-0.2, -0.15) is 13.2 Å². The Hall–Kier alpha value is -7.09. The van der Waals surface area contributed by atoms with Gasteiger partial charge in [0.05, 0.1) is 28.3 Å². The zero-order chi connectivity index (χ0) is 52.1. The number of benzene rings is 4. The van der Waals surface area contributed by atoms with Crippen molar-refractivity contribution >= 4 is 58.5 Å². The number of ether oxygens (including phenoxy) is 3. The van der Waals surface area contributed by atoms with Crippen LogP contribution in [0.3, 0.4) is 0 Å². The fourth-order valence-corrected chi connectivity index (χ4v) is 6.18. The quantitative estimate of drug-likeness (QED) is 0.0726. The van der Waals surface area contributed by atoms with E-state index < -0.39 is 29.7 Å². The van der Waals surface area contributed by atoms with Crippen molar-refractivity contribution in [1.29, 1.82) is 0 Å². The molecular formula is C49H53Cl2F3N6O10. The van der Waals surface area contributed by atoms with Crippen molar-refractivity contribution in [3.8, 4) is 34.1 Å². The molecule has 3 amide bonds. The van der Waals surface area contributed by atoms with Crippen molar-refractivity contribution in [2.45, 2.75) is 98.4 Å². The van der Waals surface area contributed by atoms with Crippen LogP contribution >= 0.6 is 23.2 Å². The number of alkyl carbamates (subject to hydrolysis) is 1. The summed E-state index contributed by atoms with van der Waals surface area (Å²) >= 11 is 12.6. The maximum absolute atomic E-state index is 12.6. The minimum Gasteiger partial charge on any atom is -0.489 e. The van der Waals surface area contributed by atoms with Gasteiger partial charge in [0.25, 0.3) is 11.8 Å². The molecule has 0 saturated carbocycles. The van der Waals surface area contributed by atoms with Gasteiger partial charge < -0.3 is 50.0 Å². The molecule has 6 N–H and O–H groups in total. The van der Waals surface area contributed by atoms with E-state index in [0.717, 1.165) is 11.1 Å². The van der Waals surface area contributed by atoms with Crippen molar-refractivity contribution in [2.24, 2.45) is 5.73 Å². The van der Waals surface area contributed by atoms with Crippen LogP contribution in [0.5, 0.6) is 11.5 Å². The number of aromatic nitrogens is 2. The first-order chi connectivity index (χ1) is 32.7. The SMILES string of the molecule is CC(C)Oc1ccc(-c2cc(C(=O)Nc3ccc([C@@H](C)N)cc3)no2)cc1Cl.CC(C)Oc1ccc(-c2cc(C(=O)Nc3ccc([C@@H](C)NC(=O)OC(C)(C)C)cc3)no2)cc1Cl.O=C(O)C(F)(F)F. The highest BCUT2D eigenvalue weighted by molar-refractivity contribution is 6.32. The summed E-state index contributed by atoms with van der Waals surface area (Å²) in [6.45, 7) is 16.9. The molecule has 6 rings (SSSR count). The molecule has 4 aromatic carbocycles. The van der Waals surface area contributed by atoms with Gasteiger partial charge in [-0.3, -0.25) is 9.59 Å². The number of nitrogens with zero attached hydrogens (tertiary/aromatic N) is 2. The van der Waals surface area contributed by atoms with Crippen LogP contribution in [0.4, 0.5) is 29.3 Å². The number of nitrogens with two attached hydrogens (primary N) is 1. The van der Waals surface area contributed by atoms with E-state index in [1.54, 1.807) is 93.6 Å². The summed E-state index contributed by atoms with van der Waals surface area (Å²) in [6, 6.07) is 27.8. The highest BCUT2D eigenvalue weighted by Gasteiger charge is 2.38. The Balaban J connectivity index is 0.000000273. The van der Waals surface area contributed by atoms with Crippen LogP contribution < -0.4 is 31.2 Å². The molecule has 0 fully saturated rings. The number of carboxylic acid groups (broad SMARTS) is 1. The van der Waals surface area contributed by atoms with Crippen LogP contribution in [0, 0.1) is 0 Å². The molecule has 0 unspecified atom stereocenters. The number of carbonyl (C=O) groups is 4. The monoisotopic (exact) mass is 1010 g/mol. The van der Waals surface area contributed by atoms with Crippen molar-refractivity contribution in [3.05, 3.63) is 130 Å².